The molecule has 0 aliphatic heterocycles. The van der Waals surface area contributed by atoms with E-state index in [-0.39, 0.29) is 17.6 Å². The number of aliphatic hydroxyl groups is 1. The summed E-state index contributed by atoms with van der Waals surface area (Å²) in [5, 5.41) is 9.48. The molecule has 2 heteroatoms. The molecule has 3 atom stereocenters. The second kappa shape index (κ2) is 2.76. The van der Waals surface area contributed by atoms with E-state index < -0.39 is 0 Å². The first kappa shape index (κ1) is 9.01. The smallest absolute Gasteiger partial charge is 0.0549 e. The van der Waals surface area contributed by atoms with Gasteiger partial charge in [-0.15, -0.1) is 0 Å². The fraction of sp³-hybridized carbons (Fsp3) is 1.00. The van der Waals surface area contributed by atoms with Crippen LogP contribution < -0.4 is 5.73 Å². The largest absolute Gasteiger partial charge is 0.393 e. The second-order valence-electron chi connectivity index (χ2n) is 4.59. The Morgan fingerprint density at radius 2 is 2.00 bits per heavy atom. The van der Waals surface area contributed by atoms with Crippen LogP contribution in [0.2, 0.25) is 0 Å². The molecule has 0 saturated heterocycles. The van der Waals surface area contributed by atoms with Crippen molar-refractivity contribution in [3.63, 3.8) is 0 Å². The first-order valence-corrected chi connectivity index (χ1v) is 4.37. The molecule has 1 saturated carbocycles. The molecule has 1 aliphatic carbocycles. The lowest BCUT2D eigenvalue weighted by Crippen LogP contribution is -2.49. The predicted molar refractivity (Wildman–Crippen MR) is 46.2 cm³/mol. The van der Waals surface area contributed by atoms with Crippen LogP contribution in [0.3, 0.4) is 0 Å². The zero-order valence-corrected chi connectivity index (χ0v) is 7.67. The third-order valence-electron chi connectivity index (χ3n) is 2.92. The molecule has 0 amide bonds. The Kier molecular flexibility index (Phi) is 2.26. The molecule has 0 heterocycles. The number of hydrogen-bond acceptors (Lipinski definition) is 2. The van der Waals surface area contributed by atoms with Gasteiger partial charge in [-0.1, -0.05) is 20.8 Å². The van der Waals surface area contributed by atoms with Crippen LogP contribution in [-0.2, 0) is 0 Å². The maximum atomic E-state index is 9.48. The molecule has 3 unspecified atom stereocenters. The first-order chi connectivity index (χ1) is 4.93. The Bertz CT molecular complexity index is 144. The zero-order valence-electron chi connectivity index (χ0n) is 7.67. The molecule has 0 spiro atoms. The van der Waals surface area contributed by atoms with Gasteiger partial charge in [0, 0.05) is 6.04 Å². The van der Waals surface area contributed by atoms with E-state index in [4.69, 9.17) is 5.73 Å². The van der Waals surface area contributed by atoms with Gasteiger partial charge in [-0.05, 0) is 24.2 Å². The fourth-order valence-corrected chi connectivity index (χ4v) is 2.17. The summed E-state index contributed by atoms with van der Waals surface area (Å²) in [4.78, 5) is 0. The van der Waals surface area contributed by atoms with E-state index in [2.05, 4.69) is 20.8 Å². The Morgan fingerprint density at radius 1 is 1.45 bits per heavy atom. The van der Waals surface area contributed by atoms with Gasteiger partial charge in [0.25, 0.3) is 0 Å². The van der Waals surface area contributed by atoms with Gasteiger partial charge < -0.3 is 10.8 Å². The minimum absolute atomic E-state index is 0.108. The van der Waals surface area contributed by atoms with Crippen LogP contribution in [0, 0.1) is 11.3 Å². The van der Waals surface area contributed by atoms with Gasteiger partial charge in [0.1, 0.15) is 0 Å². The quantitative estimate of drug-likeness (QED) is 0.553. The number of nitrogens with two attached hydrogens (primary N) is 1. The van der Waals surface area contributed by atoms with Crippen molar-refractivity contribution in [2.45, 2.75) is 45.8 Å². The molecule has 11 heavy (non-hydrogen) atoms. The van der Waals surface area contributed by atoms with E-state index in [9.17, 15) is 5.11 Å². The third-order valence-corrected chi connectivity index (χ3v) is 2.92. The summed E-state index contributed by atoms with van der Waals surface area (Å²) in [6.45, 7) is 6.39. The van der Waals surface area contributed by atoms with Crippen LogP contribution in [0.1, 0.15) is 33.6 Å². The van der Waals surface area contributed by atoms with Crippen molar-refractivity contribution in [2.75, 3.05) is 0 Å². The van der Waals surface area contributed by atoms with Crippen molar-refractivity contribution in [3.8, 4) is 0 Å². The Hall–Kier alpha value is -0.0800. The number of rotatable bonds is 0. The summed E-state index contributed by atoms with van der Waals surface area (Å²) in [7, 11) is 0. The maximum absolute atomic E-state index is 9.48. The minimum Gasteiger partial charge on any atom is -0.393 e. The van der Waals surface area contributed by atoms with Crippen LogP contribution in [0.5, 0.6) is 0 Å². The highest BCUT2D eigenvalue weighted by atomic mass is 16.3. The molecule has 1 aliphatic rings. The number of hydrogen-bond donors (Lipinski definition) is 2. The highest BCUT2D eigenvalue weighted by molar-refractivity contribution is 4.92. The molecule has 3 N–H and O–H groups in total. The molecular formula is C9H19NO. The Morgan fingerprint density at radius 3 is 2.45 bits per heavy atom. The van der Waals surface area contributed by atoms with E-state index in [1.165, 1.54) is 0 Å². The van der Waals surface area contributed by atoms with Gasteiger partial charge in [-0.3, -0.25) is 0 Å². The average Bonchev–Trinajstić information content (AvgIpc) is 1.81. The standard InChI is InChI=1S/C9H19NO/c1-6-4-7(11)5-9(2,3)8(6)10/h6-8,11H,4-5,10H2,1-3H3. The molecular weight excluding hydrogens is 138 g/mol. The van der Waals surface area contributed by atoms with Gasteiger partial charge in [0.2, 0.25) is 0 Å². The minimum atomic E-state index is -0.139. The SMILES string of the molecule is CC1CC(O)CC(C)(C)C1N. The highest BCUT2D eigenvalue weighted by Gasteiger charge is 2.37. The average molecular weight is 157 g/mol. The maximum Gasteiger partial charge on any atom is 0.0549 e. The first-order valence-electron chi connectivity index (χ1n) is 4.37. The van der Waals surface area contributed by atoms with Gasteiger partial charge in [-0.25, -0.2) is 0 Å². The molecule has 1 rings (SSSR count). The lowest BCUT2D eigenvalue weighted by molar-refractivity contribution is 0.0223. The third kappa shape index (κ3) is 1.74. The predicted octanol–water partition coefficient (Wildman–Crippen LogP) is 1.13. The monoisotopic (exact) mass is 157 g/mol. The Balaban J connectivity index is 2.67. The van der Waals surface area contributed by atoms with Crippen molar-refractivity contribution in [3.05, 3.63) is 0 Å². The Labute approximate surface area is 68.8 Å². The normalized spacial score (nSPS) is 43.9. The highest BCUT2D eigenvalue weighted by Crippen LogP contribution is 2.37. The summed E-state index contributed by atoms with van der Waals surface area (Å²) >= 11 is 0. The van der Waals surface area contributed by atoms with Gasteiger partial charge in [0.05, 0.1) is 6.10 Å². The summed E-state index contributed by atoms with van der Waals surface area (Å²) in [6, 6.07) is 0.242. The number of aliphatic hydroxyl groups excluding tert-OH is 1. The summed E-state index contributed by atoms with van der Waals surface area (Å²) in [5.41, 5.74) is 6.12. The van der Waals surface area contributed by atoms with Crippen LogP contribution in [0.15, 0.2) is 0 Å². The van der Waals surface area contributed by atoms with E-state index in [1.54, 1.807) is 0 Å². The molecule has 0 aromatic carbocycles. The molecule has 0 radical (unpaired) electrons. The molecule has 0 aromatic rings. The molecule has 0 bridgehead atoms. The molecule has 1 fully saturated rings. The van der Waals surface area contributed by atoms with Crippen LogP contribution in [0.4, 0.5) is 0 Å². The summed E-state index contributed by atoms with van der Waals surface area (Å²) in [5.74, 6) is 0.453. The van der Waals surface area contributed by atoms with Crippen LogP contribution in [-0.4, -0.2) is 17.3 Å². The summed E-state index contributed by atoms with van der Waals surface area (Å²) < 4.78 is 0. The van der Waals surface area contributed by atoms with Crippen molar-refractivity contribution in [2.24, 2.45) is 17.1 Å². The van der Waals surface area contributed by atoms with Crippen molar-refractivity contribution in [1.29, 1.82) is 0 Å². The molecule has 2 nitrogen and oxygen atoms in total. The lowest BCUT2D eigenvalue weighted by Gasteiger charge is -2.42. The van der Waals surface area contributed by atoms with E-state index in [0.29, 0.717) is 5.92 Å². The van der Waals surface area contributed by atoms with Gasteiger partial charge in [0.15, 0.2) is 0 Å². The molecule has 0 aromatic heterocycles. The lowest BCUT2D eigenvalue weighted by atomic mass is 9.68. The van der Waals surface area contributed by atoms with Crippen LogP contribution in [0.25, 0.3) is 0 Å². The second-order valence-corrected chi connectivity index (χ2v) is 4.59. The van der Waals surface area contributed by atoms with E-state index in [1.807, 2.05) is 0 Å². The molecule has 66 valence electrons. The topological polar surface area (TPSA) is 46.2 Å². The van der Waals surface area contributed by atoms with Crippen LogP contribution >= 0.6 is 0 Å². The van der Waals surface area contributed by atoms with Crippen molar-refractivity contribution < 1.29 is 5.11 Å². The van der Waals surface area contributed by atoms with E-state index >= 15 is 0 Å². The van der Waals surface area contributed by atoms with Crippen molar-refractivity contribution >= 4 is 0 Å². The van der Waals surface area contributed by atoms with Gasteiger partial charge >= 0.3 is 0 Å². The van der Waals surface area contributed by atoms with Gasteiger partial charge in [-0.2, -0.15) is 0 Å². The van der Waals surface area contributed by atoms with E-state index in [0.717, 1.165) is 12.8 Å². The fourth-order valence-electron chi connectivity index (χ4n) is 2.17. The summed E-state index contributed by atoms with van der Waals surface area (Å²) in [6.07, 6.45) is 1.57. The zero-order chi connectivity index (χ0) is 8.65. The van der Waals surface area contributed by atoms with Crippen molar-refractivity contribution in [1.82, 2.24) is 0 Å².